The Morgan fingerprint density at radius 1 is 1.04 bits per heavy atom. The van der Waals surface area contributed by atoms with Crippen molar-refractivity contribution in [2.75, 3.05) is 13.1 Å². The van der Waals surface area contributed by atoms with Crippen molar-refractivity contribution in [2.24, 2.45) is 0 Å². The van der Waals surface area contributed by atoms with Gasteiger partial charge in [-0.15, -0.1) is 0 Å². The predicted molar refractivity (Wildman–Crippen MR) is 104 cm³/mol. The zero-order valence-electron chi connectivity index (χ0n) is 16.1. The summed E-state index contributed by atoms with van der Waals surface area (Å²) in [5, 5.41) is 0. The zero-order valence-corrected chi connectivity index (χ0v) is 16.1. The van der Waals surface area contributed by atoms with Crippen molar-refractivity contribution in [3.63, 3.8) is 0 Å². The minimum absolute atomic E-state index is 0. The first kappa shape index (κ1) is 24.0. The van der Waals surface area contributed by atoms with Gasteiger partial charge < -0.3 is 0 Å². The molecule has 0 aliphatic carbocycles. The third-order valence-electron chi connectivity index (χ3n) is 3.99. The van der Waals surface area contributed by atoms with Gasteiger partial charge in [0.05, 0.1) is 0 Å². The minimum atomic E-state index is -0.00498. The van der Waals surface area contributed by atoms with E-state index in [2.05, 4.69) is 48.6 Å². The maximum absolute atomic E-state index is 4.50. The van der Waals surface area contributed by atoms with E-state index in [1.807, 2.05) is 40.8 Å². The maximum Gasteiger partial charge on any atom is 0.125 e. The van der Waals surface area contributed by atoms with E-state index in [4.69, 9.17) is 0 Å². The fourth-order valence-electron chi connectivity index (χ4n) is 2.63. The summed E-state index contributed by atoms with van der Waals surface area (Å²) in [7, 11) is 0. The van der Waals surface area contributed by atoms with Crippen LogP contribution in [0.15, 0.2) is 17.8 Å². The van der Waals surface area contributed by atoms with Crippen LogP contribution in [0, 0.1) is 13.8 Å². The van der Waals surface area contributed by atoms with Gasteiger partial charge >= 0.3 is 0 Å². The van der Waals surface area contributed by atoms with E-state index in [9.17, 15) is 0 Å². The summed E-state index contributed by atoms with van der Waals surface area (Å²) < 4.78 is 0. The lowest BCUT2D eigenvalue weighted by Crippen LogP contribution is -2.44. The van der Waals surface area contributed by atoms with Crippen LogP contribution >= 0.6 is 0 Å². The van der Waals surface area contributed by atoms with Crippen molar-refractivity contribution in [3.05, 3.63) is 34.9 Å². The Hall–Kier alpha value is -1.22. The first-order valence-corrected chi connectivity index (χ1v) is 8.62. The lowest BCUT2D eigenvalue weighted by atomic mass is 9.90. The van der Waals surface area contributed by atoms with Gasteiger partial charge in [0, 0.05) is 36.1 Å². The largest absolute Gasteiger partial charge is 0.290 e. The normalized spacial score (nSPS) is 14.4. The van der Waals surface area contributed by atoms with Crippen LogP contribution in [0.3, 0.4) is 0 Å². The van der Waals surface area contributed by atoms with Crippen LogP contribution in [0.25, 0.3) is 0 Å². The third-order valence-corrected chi connectivity index (χ3v) is 3.99. The molecule has 1 aromatic heterocycles. The summed E-state index contributed by atoms with van der Waals surface area (Å²) in [5.74, 6) is 0.849. The molecule has 1 aliphatic rings. The summed E-state index contributed by atoms with van der Waals surface area (Å²) >= 11 is 0. The quantitative estimate of drug-likeness (QED) is 0.657. The molecule has 0 amide bonds. The van der Waals surface area contributed by atoms with Crippen LogP contribution < -0.4 is 0 Å². The molecule has 23 heavy (non-hydrogen) atoms. The topological polar surface area (TPSA) is 29.0 Å². The summed E-state index contributed by atoms with van der Waals surface area (Å²) in [6, 6.07) is 0. The summed E-state index contributed by atoms with van der Waals surface area (Å²) in [5.41, 5.74) is 3.83. The molecule has 0 radical (unpaired) electrons. The van der Waals surface area contributed by atoms with E-state index in [-0.39, 0.29) is 13.0 Å². The van der Waals surface area contributed by atoms with Crippen LogP contribution in [0.2, 0.25) is 0 Å². The molecule has 0 N–H and O–H groups in total. The second-order valence-corrected chi connectivity index (χ2v) is 5.72. The molecule has 0 saturated heterocycles. The monoisotopic (exact) mass is 321 g/mol. The van der Waals surface area contributed by atoms with Gasteiger partial charge in [-0.2, -0.15) is 0 Å². The maximum atomic E-state index is 4.50. The smallest absolute Gasteiger partial charge is 0.125 e. The van der Waals surface area contributed by atoms with Gasteiger partial charge in [0.25, 0.3) is 0 Å². The number of hydrogen-bond donors (Lipinski definition) is 0. The fourth-order valence-corrected chi connectivity index (χ4v) is 2.63. The standard InChI is InChI=1S/C15H23N3.2C2H6.CH4/c1-11-6-8-18(9-7-11)15(4,5)14-10-16-13(3)17-12(14)2;2*1-2;/h6,10H,7-9H2,1-5H3;2*1-2H3;1H4. The number of hydrogen-bond acceptors (Lipinski definition) is 3. The summed E-state index contributed by atoms with van der Waals surface area (Å²) in [4.78, 5) is 11.4. The Balaban J connectivity index is 0. The molecule has 3 heteroatoms. The van der Waals surface area contributed by atoms with Gasteiger partial charge in [0.2, 0.25) is 0 Å². The second kappa shape index (κ2) is 11.3. The number of nitrogens with zero attached hydrogens (tertiary/aromatic N) is 3. The molecule has 134 valence electrons. The number of aromatic nitrogens is 2. The highest BCUT2D eigenvalue weighted by Crippen LogP contribution is 2.31. The second-order valence-electron chi connectivity index (χ2n) is 5.72. The van der Waals surface area contributed by atoms with Crippen LogP contribution in [0.4, 0.5) is 0 Å². The number of rotatable bonds is 2. The molecule has 0 bridgehead atoms. The first-order chi connectivity index (χ1) is 10.4. The van der Waals surface area contributed by atoms with E-state index < -0.39 is 0 Å². The highest BCUT2D eigenvalue weighted by molar-refractivity contribution is 5.25. The Kier molecular flexibility index (Phi) is 11.8. The van der Waals surface area contributed by atoms with Gasteiger partial charge in [0.15, 0.2) is 0 Å². The van der Waals surface area contributed by atoms with Gasteiger partial charge in [0.1, 0.15) is 5.82 Å². The number of aryl methyl sites for hydroxylation is 2. The average Bonchev–Trinajstić information content (AvgIpc) is 2.51. The molecule has 0 saturated carbocycles. The molecule has 2 rings (SSSR count). The van der Waals surface area contributed by atoms with Crippen molar-refractivity contribution in [1.82, 2.24) is 14.9 Å². The molecule has 0 atom stereocenters. The van der Waals surface area contributed by atoms with Crippen molar-refractivity contribution in [2.45, 2.75) is 81.7 Å². The van der Waals surface area contributed by atoms with Crippen molar-refractivity contribution >= 4 is 0 Å². The van der Waals surface area contributed by atoms with Crippen LogP contribution in [0.1, 0.15) is 79.4 Å². The van der Waals surface area contributed by atoms with E-state index in [1.54, 1.807) is 0 Å². The highest BCUT2D eigenvalue weighted by Gasteiger charge is 2.31. The lowest BCUT2D eigenvalue weighted by molar-refractivity contribution is 0.129. The van der Waals surface area contributed by atoms with Crippen LogP contribution in [-0.4, -0.2) is 28.0 Å². The van der Waals surface area contributed by atoms with Crippen LogP contribution in [-0.2, 0) is 5.54 Å². The summed E-state index contributed by atoms with van der Waals surface area (Å²) in [6.07, 6.45) is 5.48. The molecular formula is C20H39N3. The van der Waals surface area contributed by atoms with Crippen molar-refractivity contribution in [3.8, 4) is 0 Å². The summed E-state index contributed by atoms with van der Waals surface area (Å²) in [6.45, 7) is 20.9. The Labute approximate surface area is 145 Å². The van der Waals surface area contributed by atoms with Gasteiger partial charge in [-0.25, -0.2) is 9.97 Å². The van der Waals surface area contributed by atoms with E-state index in [0.717, 1.165) is 31.0 Å². The molecule has 3 nitrogen and oxygen atoms in total. The van der Waals surface area contributed by atoms with Crippen molar-refractivity contribution < 1.29 is 0 Å². The molecule has 1 aromatic rings. The van der Waals surface area contributed by atoms with E-state index in [1.165, 1.54) is 11.1 Å². The first-order valence-electron chi connectivity index (χ1n) is 8.62. The fraction of sp³-hybridized carbons (Fsp3) is 0.700. The third kappa shape index (κ3) is 6.42. The molecule has 0 unspecified atom stereocenters. The Bertz CT molecular complexity index is 476. The molecular weight excluding hydrogens is 282 g/mol. The average molecular weight is 322 g/mol. The SMILES string of the molecule is C.CC.CC.CC1=CCN(C(C)(C)c2cnc(C)nc2C)CC1. The van der Waals surface area contributed by atoms with Crippen molar-refractivity contribution in [1.29, 1.82) is 0 Å². The van der Waals surface area contributed by atoms with Gasteiger partial charge in [-0.3, -0.25) is 4.90 Å². The van der Waals surface area contributed by atoms with E-state index >= 15 is 0 Å². The van der Waals surface area contributed by atoms with Gasteiger partial charge in [-0.05, 0) is 41.0 Å². The van der Waals surface area contributed by atoms with Gasteiger partial charge in [-0.1, -0.05) is 46.8 Å². The molecule has 0 aromatic carbocycles. The lowest BCUT2D eigenvalue weighted by Gasteiger charge is -2.40. The molecule has 0 spiro atoms. The predicted octanol–water partition coefficient (Wildman–Crippen LogP) is 5.67. The zero-order chi connectivity index (χ0) is 17.3. The molecule has 1 aliphatic heterocycles. The highest BCUT2D eigenvalue weighted by atomic mass is 15.2. The van der Waals surface area contributed by atoms with Crippen LogP contribution in [0.5, 0.6) is 0 Å². The molecule has 2 heterocycles. The Morgan fingerprint density at radius 3 is 2.04 bits per heavy atom. The molecule has 0 fully saturated rings. The Morgan fingerprint density at radius 2 is 1.61 bits per heavy atom. The minimum Gasteiger partial charge on any atom is -0.290 e. The van der Waals surface area contributed by atoms with E-state index in [0.29, 0.717) is 0 Å².